The SMILES string of the molecule is C=CC(=O)C(/C=C\C(=C)F)=C/C.CC.O=C1OCC(c2ccc(OCc3ccccc3)cc2OCc2ccccc2)N1c1ccc(-c2ccccc2)cc1. The van der Waals surface area contributed by atoms with Gasteiger partial charge in [0.15, 0.2) is 5.78 Å². The lowest BCUT2D eigenvalue weighted by Crippen LogP contribution is -2.27. The number of ether oxygens (including phenoxy) is 3. The Balaban J connectivity index is 0.000000398. The van der Waals surface area contributed by atoms with Crippen LogP contribution in [0.1, 0.15) is 43.5 Å². The van der Waals surface area contributed by atoms with Crippen molar-refractivity contribution in [3.05, 3.63) is 199 Å². The Hall–Kier alpha value is -6.47. The lowest BCUT2D eigenvalue weighted by atomic mass is 10.0. The molecule has 0 N–H and O–H groups in total. The second kappa shape index (κ2) is 21.2. The molecule has 0 aliphatic carbocycles. The average molecular weight is 724 g/mol. The van der Waals surface area contributed by atoms with E-state index in [1.54, 1.807) is 17.9 Å². The highest BCUT2D eigenvalue weighted by Crippen LogP contribution is 2.40. The van der Waals surface area contributed by atoms with Gasteiger partial charge < -0.3 is 14.2 Å². The monoisotopic (exact) mass is 723 g/mol. The second-order valence-corrected chi connectivity index (χ2v) is 11.7. The largest absolute Gasteiger partial charge is 0.489 e. The van der Waals surface area contributed by atoms with Crippen LogP contribution in [0.15, 0.2) is 182 Å². The summed E-state index contributed by atoms with van der Waals surface area (Å²) in [6.07, 6.45) is 4.89. The molecule has 6 nitrogen and oxygen atoms in total. The number of allylic oxidation sites excluding steroid dienone is 6. The molecule has 5 aromatic rings. The number of hydrogen-bond acceptors (Lipinski definition) is 5. The molecule has 0 aromatic heterocycles. The van der Waals surface area contributed by atoms with E-state index in [1.165, 1.54) is 12.2 Å². The molecule has 54 heavy (non-hydrogen) atoms. The van der Waals surface area contributed by atoms with Crippen LogP contribution in [0.4, 0.5) is 14.9 Å². The molecule has 1 aliphatic heterocycles. The highest BCUT2D eigenvalue weighted by molar-refractivity contribution is 6.05. The normalized spacial score (nSPS) is 13.5. The molecule has 6 rings (SSSR count). The standard InChI is InChI=1S/C35H29NO4.C10H11FO.C2H6/c37-35-36(30-18-16-29(17-19-30)28-14-8-3-9-15-28)33(25-40-35)32-21-20-31(38-23-26-10-4-1-5-11-26)22-34(32)39-24-27-12-6-2-7-13-27;1-4-9(10(12)5-2)7-6-8(3)11;1-2/h1-22,33H,23-25H2;4-7H,2-3H2,1H3;1-2H3/b;7-6-,9-4+;. The molecule has 0 saturated carbocycles. The van der Waals surface area contributed by atoms with Crippen LogP contribution in [-0.2, 0) is 22.7 Å². The lowest BCUT2D eigenvalue weighted by molar-refractivity contribution is -0.111. The van der Waals surface area contributed by atoms with Crippen molar-refractivity contribution in [1.29, 1.82) is 0 Å². The zero-order valence-electron chi connectivity index (χ0n) is 31.0. The van der Waals surface area contributed by atoms with Crippen LogP contribution in [0.2, 0.25) is 0 Å². The van der Waals surface area contributed by atoms with Crippen molar-refractivity contribution in [2.45, 2.75) is 40.0 Å². The van der Waals surface area contributed by atoms with Crippen LogP contribution in [0.25, 0.3) is 11.1 Å². The predicted octanol–water partition coefficient (Wildman–Crippen LogP) is 12.0. The van der Waals surface area contributed by atoms with E-state index in [0.29, 0.717) is 30.3 Å². The van der Waals surface area contributed by atoms with Crippen molar-refractivity contribution in [2.75, 3.05) is 11.5 Å². The van der Waals surface area contributed by atoms with Crippen LogP contribution in [0.3, 0.4) is 0 Å². The molecule has 0 bridgehead atoms. The number of benzene rings is 5. The van der Waals surface area contributed by atoms with E-state index in [-0.39, 0.29) is 24.5 Å². The summed E-state index contributed by atoms with van der Waals surface area (Å²) < 4.78 is 30.1. The lowest BCUT2D eigenvalue weighted by Gasteiger charge is -2.24. The fourth-order valence-corrected chi connectivity index (χ4v) is 5.48. The topological polar surface area (TPSA) is 65.1 Å². The van der Waals surface area contributed by atoms with E-state index in [4.69, 9.17) is 14.2 Å². The zero-order valence-corrected chi connectivity index (χ0v) is 31.0. The van der Waals surface area contributed by atoms with Crippen molar-refractivity contribution >= 4 is 17.6 Å². The zero-order chi connectivity index (χ0) is 38.7. The molecular formula is C47H46FNO5. The Labute approximate surface area is 318 Å². The highest BCUT2D eigenvalue weighted by atomic mass is 19.1. The Morgan fingerprint density at radius 2 is 1.35 bits per heavy atom. The minimum atomic E-state index is -0.578. The van der Waals surface area contributed by atoms with E-state index >= 15 is 0 Å². The maximum absolute atomic E-state index is 13.0. The number of cyclic esters (lactones) is 1. The number of halogens is 1. The van der Waals surface area contributed by atoms with E-state index in [0.717, 1.165) is 39.6 Å². The number of amides is 1. The highest BCUT2D eigenvalue weighted by Gasteiger charge is 2.37. The van der Waals surface area contributed by atoms with Crippen molar-refractivity contribution in [3.63, 3.8) is 0 Å². The van der Waals surface area contributed by atoms with Crippen LogP contribution >= 0.6 is 0 Å². The summed E-state index contributed by atoms with van der Waals surface area (Å²) in [6, 6.07) is 43.7. The quantitative estimate of drug-likeness (QED) is 0.0894. The first-order valence-electron chi connectivity index (χ1n) is 17.8. The molecule has 0 radical (unpaired) electrons. The first-order valence-corrected chi connectivity index (χ1v) is 17.8. The maximum atomic E-state index is 13.0. The van der Waals surface area contributed by atoms with E-state index < -0.39 is 5.83 Å². The molecule has 0 spiro atoms. The third-order valence-electron chi connectivity index (χ3n) is 8.18. The Morgan fingerprint density at radius 3 is 1.91 bits per heavy atom. The number of ketones is 1. The van der Waals surface area contributed by atoms with E-state index in [1.807, 2.05) is 135 Å². The average Bonchev–Trinajstić information content (AvgIpc) is 3.62. The molecule has 1 atom stereocenters. The van der Waals surface area contributed by atoms with Crippen molar-refractivity contribution < 1.29 is 28.2 Å². The number of carbonyl (C=O) groups excluding carboxylic acids is 2. The third kappa shape index (κ3) is 11.5. The fraction of sp³-hybridized carbons (Fsp3) is 0.149. The summed E-state index contributed by atoms with van der Waals surface area (Å²) in [4.78, 5) is 25.6. The van der Waals surface area contributed by atoms with Crippen LogP contribution in [-0.4, -0.2) is 18.5 Å². The number of rotatable bonds is 13. The van der Waals surface area contributed by atoms with E-state index in [2.05, 4.69) is 25.3 Å². The molecule has 7 heteroatoms. The fourth-order valence-electron chi connectivity index (χ4n) is 5.48. The van der Waals surface area contributed by atoms with Crippen molar-refractivity contribution in [1.82, 2.24) is 0 Å². The van der Waals surface area contributed by atoms with Gasteiger partial charge in [0.25, 0.3) is 0 Å². The number of hydrogen-bond donors (Lipinski definition) is 0. The van der Waals surface area contributed by atoms with Gasteiger partial charge in [-0.2, -0.15) is 0 Å². The van der Waals surface area contributed by atoms with Gasteiger partial charge in [0.2, 0.25) is 0 Å². The molecule has 1 saturated heterocycles. The Morgan fingerprint density at radius 1 is 0.796 bits per heavy atom. The first-order chi connectivity index (χ1) is 26.4. The van der Waals surface area contributed by atoms with Crippen LogP contribution in [0, 0.1) is 0 Å². The minimum Gasteiger partial charge on any atom is -0.489 e. The summed E-state index contributed by atoms with van der Waals surface area (Å²) in [5.74, 6) is 0.546. The maximum Gasteiger partial charge on any atom is 0.415 e. The van der Waals surface area contributed by atoms with Crippen molar-refractivity contribution in [2.24, 2.45) is 0 Å². The summed E-state index contributed by atoms with van der Waals surface area (Å²) in [6.45, 7) is 13.1. The summed E-state index contributed by atoms with van der Waals surface area (Å²) >= 11 is 0. The number of carbonyl (C=O) groups is 2. The molecule has 1 fully saturated rings. The van der Waals surface area contributed by atoms with Gasteiger partial charge in [0.05, 0.1) is 0 Å². The van der Waals surface area contributed by atoms with Gasteiger partial charge in [0, 0.05) is 22.9 Å². The van der Waals surface area contributed by atoms with Crippen LogP contribution in [0.5, 0.6) is 11.5 Å². The molecule has 1 aliphatic rings. The van der Waals surface area contributed by atoms with Gasteiger partial charge in [-0.05, 0) is 71.7 Å². The van der Waals surface area contributed by atoms with Gasteiger partial charge in [-0.25, -0.2) is 9.18 Å². The Bertz CT molecular complexity index is 2020. The molecule has 5 aromatic carbocycles. The molecule has 1 unspecified atom stereocenters. The Kier molecular flexibility index (Phi) is 15.8. The summed E-state index contributed by atoms with van der Waals surface area (Å²) in [5, 5.41) is 0. The minimum absolute atomic E-state index is 0.227. The third-order valence-corrected chi connectivity index (χ3v) is 8.18. The molecule has 1 amide bonds. The van der Waals surface area contributed by atoms with Gasteiger partial charge in [-0.3, -0.25) is 9.69 Å². The predicted molar refractivity (Wildman–Crippen MR) is 216 cm³/mol. The first kappa shape index (κ1) is 40.3. The second-order valence-electron chi connectivity index (χ2n) is 11.7. The van der Waals surface area contributed by atoms with Gasteiger partial charge >= 0.3 is 6.09 Å². The van der Waals surface area contributed by atoms with Crippen LogP contribution < -0.4 is 14.4 Å². The molecule has 1 heterocycles. The number of nitrogens with zero attached hydrogens (tertiary/aromatic N) is 1. The van der Waals surface area contributed by atoms with E-state index in [9.17, 15) is 14.0 Å². The van der Waals surface area contributed by atoms with Crippen molar-refractivity contribution in [3.8, 4) is 22.6 Å². The molecule has 276 valence electrons. The molecular weight excluding hydrogens is 678 g/mol. The van der Waals surface area contributed by atoms with Gasteiger partial charge in [-0.15, -0.1) is 0 Å². The summed E-state index contributed by atoms with van der Waals surface area (Å²) in [5.41, 5.74) is 6.38. The van der Waals surface area contributed by atoms with Gasteiger partial charge in [-0.1, -0.05) is 136 Å². The van der Waals surface area contributed by atoms with Gasteiger partial charge in [0.1, 0.15) is 43.2 Å². The summed E-state index contributed by atoms with van der Waals surface area (Å²) in [7, 11) is 0. The number of anilines is 1. The smallest absolute Gasteiger partial charge is 0.415 e.